The van der Waals surface area contributed by atoms with Crippen molar-refractivity contribution in [2.75, 3.05) is 42.6 Å². The molecule has 0 spiro atoms. The molecule has 1 aromatic rings. The van der Waals surface area contributed by atoms with Crippen LogP contribution in [0.4, 0.5) is 5.95 Å². The molecule has 0 aliphatic carbocycles. The zero-order chi connectivity index (χ0) is 17.3. The number of hydrogen-bond donors (Lipinski definition) is 2. The maximum Gasteiger partial charge on any atom is 0.225 e. The largest absolute Gasteiger partial charge is 0.357 e. The minimum Gasteiger partial charge on any atom is -0.357 e. The highest BCUT2D eigenvalue weighted by atomic mass is 127. The van der Waals surface area contributed by atoms with Crippen LogP contribution in [-0.2, 0) is 0 Å². The van der Waals surface area contributed by atoms with E-state index in [-0.39, 0.29) is 24.0 Å². The summed E-state index contributed by atoms with van der Waals surface area (Å²) >= 11 is 2.07. The predicted molar refractivity (Wildman–Crippen MR) is 122 cm³/mol. The second kappa shape index (κ2) is 11.8. The summed E-state index contributed by atoms with van der Waals surface area (Å²) in [5.74, 6) is 5.12. The quantitative estimate of drug-likeness (QED) is 0.376. The van der Waals surface area contributed by atoms with Crippen molar-refractivity contribution in [3.8, 4) is 0 Å². The van der Waals surface area contributed by atoms with E-state index < -0.39 is 0 Å². The summed E-state index contributed by atoms with van der Waals surface area (Å²) in [5, 5.41) is 7.04. The van der Waals surface area contributed by atoms with Gasteiger partial charge >= 0.3 is 0 Å². The smallest absolute Gasteiger partial charge is 0.225 e. The van der Waals surface area contributed by atoms with Crippen molar-refractivity contribution in [3.63, 3.8) is 0 Å². The third-order valence-corrected chi connectivity index (χ3v) is 5.84. The van der Waals surface area contributed by atoms with Crippen LogP contribution in [0.15, 0.2) is 23.5 Å². The highest BCUT2D eigenvalue weighted by Crippen LogP contribution is 2.22. The van der Waals surface area contributed by atoms with Crippen LogP contribution in [-0.4, -0.2) is 59.7 Å². The van der Waals surface area contributed by atoms with Gasteiger partial charge in [-0.3, -0.25) is 4.99 Å². The van der Waals surface area contributed by atoms with Crippen molar-refractivity contribution in [3.05, 3.63) is 18.5 Å². The van der Waals surface area contributed by atoms with Crippen molar-refractivity contribution in [1.29, 1.82) is 0 Å². The molecule has 6 nitrogen and oxygen atoms in total. The first-order valence-electron chi connectivity index (χ1n) is 9.49. The molecule has 2 aliphatic rings. The molecule has 1 unspecified atom stereocenters. The van der Waals surface area contributed by atoms with Crippen LogP contribution in [0.3, 0.4) is 0 Å². The fourth-order valence-electron chi connectivity index (χ4n) is 3.39. The van der Waals surface area contributed by atoms with Crippen LogP contribution in [0.1, 0.15) is 32.6 Å². The Labute approximate surface area is 178 Å². The van der Waals surface area contributed by atoms with Crippen molar-refractivity contribution >= 4 is 47.6 Å². The molecule has 2 fully saturated rings. The van der Waals surface area contributed by atoms with E-state index >= 15 is 0 Å². The maximum absolute atomic E-state index is 4.86. The number of hydrogen-bond acceptors (Lipinski definition) is 5. The molecule has 0 amide bonds. The van der Waals surface area contributed by atoms with Crippen molar-refractivity contribution in [1.82, 2.24) is 20.6 Å². The predicted octanol–water partition coefficient (Wildman–Crippen LogP) is 2.76. The third kappa shape index (κ3) is 6.75. The van der Waals surface area contributed by atoms with Gasteiger partial charge in [-0.1, -0.05) is 0 Å². The molecular weight excluding hydrogens is 459 g/mol. The van der Waals surface area contributed by atoms with E-state index in [1.165, 1.54) is 24.3 Å². The van der Waals surface area contributed by atoms with Gasteiger partial charge in [-0.15, -0.1) is 24.0 Å². The van der Waals surface area contributed by atoms with E-state index in [4.69, 9.17) is 4.99 Å². The lowest BCUT2D eigenvalue weighted by atomic mass is 10.0. The fraction of sp³-hybridized carbons (Fsp3) is 0.722. The van der Waals surface area contributed by atoms with Gasteiger partial charge in [-0.05, 0) is 56.1 Å². The van der Waals surface area contributed by atoms with Gasteiger partial charge in [0.05, 0.1) is 0 Å². The number of thioether (sulfide) groups is 1. The Kier molecular flexibility index (Phi) is 9.80. The molecule has 0 aromatic carbocycles. The highest BCUT2D eigenvalue weighted by molar-refractivity contribution is 14.0. The number of halogens is 1. The third-order valence-electron chi connectivity index (χ3n) is 4.79. The summed E-state index contributed by atoms with van der Waals surface area (Å²) in [6.45, 7) is 5.91. The van der Waals surface area contributed by atoms with E-state index in [1.54, 1.807) is 0 Å². The number of aromatic nitrogens is 2. The zero-order valence-electron chi connectivity index (χ0n) is 15.6. The van der Waals surface area contributed by atoms with Gasteiger partial charge in [0, 0.05) is 44.6 Å². The van der Waals surface area contributed by atoms with Crippen LogP contribution < -0.4 is 15.5 Å². The number of guanidine groups is 1. The Hall–Kier alpha value is -0.770. The summed E-state index contributed by atoms with van der Waals surface area (Å²) in [6, 6.07) is 2.25. The van der Waals surface area contributed by atoms with Crippen LogP contribution >= 0.6 is 35.7 Å². The molecule has 2 N–H and O–H groups in total. The second-order valence-corrected chi connectivity index (χ2v) is 7.98. The average Bonchev–Trinajstić information content (AvgIpc) is 2.68. The molecule has 8 heteroatoms. The first-order valence-corrected chi connectivity index (χ1v) is 10.6. The summed E-state index contributed by atoms with van der Waals surface area (Å²) < 4.78 is 0. The van der Waals surface area contributed by atoms with Gasteiger partial charge in [-0.25, -0.2) is 9.97 Å². The normalized spacial score (nSPS) is 21.8. The van der Waals surface area contributed by atoms with E-state index in [2.05, 4.69) is 44.2 Å². The standard InChI is InChI=1S/C18H30N6S.HI/c1-2-19-17(22-13-15-6-11-25-12-7-15)23-16-5-3-10-24(14-16)18-20-8-4-9-21-18;/h4,8-9,15-16H,2-3,5-7,10-14H2,1H3,(H2,19,22,23);1H. The van der Waals surface area contributed by atoms with Crippen LogP contribution in [0.2, 0.25) is 0 Å². The lowest BCUT2D eigenvalue weighted by Crippen LogP contribution is -2.51. The van der Waals surface area contributed by atoms with Crippen LogP contribution in [0.5, 0.6) is 0 Å². The average molecular weight is 490 g/mol. The first kappa shape index (κ1) is 21.5. The minimum absolute atomic E-state index is 0. The van der Waals surface area contributed by atoms with Gasteiger partial charge in [-0.2, -0.15) is 11.8 Å². The number of aliphatic imine (C=N–C) groups is 1. The number of nitrogens with zero attached hydrogens (tertiary/aromatic N) is 4. The molecule has 2 aliphatic heterocycles. The van der Waals surface area contributed by atoms with Gasteiger partial charge < -0.3 is 15.5 Å². The number of piperidine rings is 1. The van der Waals surface area contributed by atoms with E-state index in [1.807, 2.05) is 18.5 Å². The minimum atomic E-state index is 0. The molecule has 1 aromatic heterocycles. The summed E-state index contributed by atoms with van der Waals surface area (Å²) in [7, 11) is 0. The van der Waals surface area contributed by atoms with Gasteiger partial charge in [0.15, 0.2) is 5.96 Å². The maximum atomic E-state index is 4.86. The zero-order valence-corrected chi connectivity index (χ0v) is 18.7. The molecule has 26 heavy (non-hydrogen) atoms. The summed E-state index contributed by atoms with van der Waals surface area (Å²) in [6.07, 6.45) is 8.54. The molecular formula is C18H31IN6S. The van der Waals surface area contributed by atoms with Crippen LogP contribution in [0.25, 0.3) is 0 Å². The van der Waals surface area contributed by atoms with Gasteiger partial charge in [0.2, 0.25) is 5.95 Å². The molecule has 1 atom stereocenters. The molecule has 3 heterocycles. The van der Waals surface area contributed by atoms with E-state index in [0.717, 1.165) is 56.8 Å². The Morgan fingerprint density at radius 3 is 2.77 bits per heavy atom. The summed E-state index contributed by atoms with van der Waals surface area (Å²) in [5.41, 5.74) is 0. The second-order valence-electron chi connectivity index (χ2n) is 6.75. The lowest BCUT2D eigenvalue weighted by Gasteiger charge is -2.34. The highest BCUT2D eigenvalue weighted by Gasteiger charge is 2.22. The number of rotatable bonds is 5. The lowest BCUT2D eigenvalue weighted by molar-refractivity contribution is 0.459. The first-order chi connectivity index (χ1) is 12.3. The van der Waals surface area contributed by atoms with Crippen molar-refractivity contribution in [2.24, 2.45) is 10.9 Å². The molecule has 3 rings (SSSR count). The number of anilines is 1. The Balaban J connectivity index is 0.00000243. The molecule has 0 bridgehead atoms. The topological polar surface area (TPSA) is 65.4 Å². The van der Waals surface area contributed by atoms with Crippen molar-refractivity contribution in [2.45, 2.75) is 38.6 Å². The Bertz CT molecular complexity index is 538. The van der Waals surface area contributed by atoms with Crippen molar-refractivity contribution < 1.29 is 0 Å². The Morgan fingerprint density at radius 2 is 2.04 bits per heavy atom. The Morgan fingerprint density at radius 1 is 1.27 bits per heavy atom. The van der Waals surface area contributed by atoms with E-state index in [0.29, 0.717) is 6.04 Å². The summed E-state index contributed by atoms with van der Waals surface area (Å²) in [4.78, 5) is 15.9. The molecule has 146 valence electrons. The van der Waals surface area contributed by atoms with Gasteiger partial charge in [0.25, 0.3) is 0 Å². The van der Waals surface area contributed by atoms with Crippen LogP contribution in [0, 0.1) is 5.92 Å². The number of nitrogens with one attached hydrogen (secondary N) is 2. The SMILES string of the molecule is CCNC(=NCC1CCSCC1)NC1CCCN(c2ncccn2)C1.I. The molecule has 0 radical (unpaired) electrons. The monoisotopic (exact) mass is 490 g/mol. The molecule has 0 saturated carbocycles. The molecule has 2 saturated heterocycles. The fourth-order valence-corrected chi connectivity index (χ4v) is 4.60. The van der Waals surface area contributed by atoms with E-state index in [9.17, 15) is 0 Å². The van der Waals surface area contributed by atoms with Gasteiger partial charge in [0.1, 0.15) is 0 Å².